The molecule has 1 heterocycles. The second kappa shape index (κ2) is 5.51. The summed E-state index contributed by atoms with van der Waals surface area (Å²) in [6.45, 7) is -0.721. The average Bonchev–Trinajstić information content (AvgIpc) is 2.90. The monoisotopic (exact) mass is 315 g/mol. The molecule has 9 heteroatoms. The van der Waals surface area contributed by atoms with Crippen LogP contribution < -0.4 is 4.31 Å². The maximum absolute atomic E-state index is 12.4. The Morgan fingerprint density at radius 2 is 2.15 bits per heavy atom. The van der Waals surface area contributed by atoms with E-state index in [-0.39, 0.29) is 10.7 Å². The summed E-state index contributed by atoms with van der Waals surface area (Å²) < 4.78 is 25.5. The van der Waals surface area contributed by atoms with E-state index >= 15 is 0 Å². The molecule has 2 aromatic rings. The van der Waals surface area contributed by atoms with Gasteiger partial charge in [0.05, 0.1) is 11.9 Å². The first-order valence-corrected chi connectivity index (χ1v) is 7.22. The third-order valence-electron chi connectivity index (χ3n) is 2.42. The molecule has 20 heavy (non-hydrogen) atoms. The predicted molar refractivity (Wildman–Crippen MR) is 72.2 cm³/mol. The summed E-state index contributed by atoms with van der Waals surface area (Å²) in [5.74, 6) is -1.28. The summed E-state index contributed by atoms with van der Waals surface area (Å²) in [5.41, 5.74) is 0.162. The second-order valence-electron chi connectivity index (χ2n) is 3.81. The minimum Gasteiger partial charge on any atom is -0.480 e. The minimum atomic E-state index is -4.05. The number of rotatable bonds is 5. The van der Waals surface area contributed by atoms with Crippen LogP contribution in [0.5, 0.6) is 0 Å². The van der Waals surface area contributed by atoms with Gasteiger partial charge in [0.1, 0.15) is 6.54 Å². The van der Waals surface area contributed by atoms with Crippen molar-refractivity contribution in [2.24, 2.45) is 0 Å². The summed E-state index contributed by atoms with van der Waals surface area (Å²) >= 11 is 5.81. The van der Waals surface area contributed by atoms with E-state index in [1.54, 1.807) is 6.07 Å². The fraction of sp³-hybridized carbons (Fsp3) is 0.0909. The normalized spacial score (nSPS) is 11.2. The maximum Gasteiger partial charge on any atom is 0.324 e. The highest BCUT2D eigenvalue weighted by Crippen LogP contribution is 2.24. The zero-order valence-corrected chi connectivity index (χ0v) is 11.6. The van der Waals surface area contributed by atoms with E-state index < -0.39 is 22.5 Å². The van der Waals surface area contributed by atoms with Gasteiger partial charge in [-0.1, -0.05) is 17.7 Å². The molecule has 2 rings (SSSR count). The average molecular weight is 316 g/mol. The van der Waals surface area contributed by atoms with Crippen LogP contribution in [0.4, 0.5) is 5.69 Å². The molecule has 0 amide bonds. The van der Waals surface area contributed by atoms with Crippen molar-refractivity contribution in [1.29, 1.82) is 0 Å². The van der Waals surface area contributed by atoms with Crippen LogP contribution >= 0.6 is 11.6 Å². The maximum atomic E-state index is 12.4. The molecule has 0 radical (unpaired) electrons. The number of hydrogen-bond donors (Lipinski definition) is 2. The van der Waals surface area contributed by atoms with Crippen molar-refractivity contribution in [3.8, 4) is 0 Å². The molecule has 2 N–H and O–H groups in total. The fourth-order valence-electron chi connectivity index (χ4n) is 1.57. The van der Waals surface area contributed by atoms with Crippen molar-refractivity contribution in [1.82, 2.24) is 10.2 Å². The van der Waals surface area contributed by atoms with Crippen LogP contribution in [0, 0.1) is 0 Å². The Labute approximate surface area is 119 Å². The van der Waals surface area contributed by atoms with Gasteiger partial charge in [-0.3, -0.25) is 14.2 Å². The van der Waals surface area contributed by atoms with Crippen LogP contribution in [0.1, 0.15) is 0 Å². The molecule has 0 aliphatic carbocycles. The number of hydrogen-bond acceptors (Lipinski definition) is 4. The Bertz CT molecular complexity index is 715. The largest absolute Gasteiger partial charge is 0.480 e. The zero-order valence-electron chi connectivity index (χ0n) is 10.0. The molecule has 0 aliphatic heterocycles. The van der Waals surface area contributed by atoms with Crippen molar-refractivity contribution in [3.63, 3.8) is 0 Å². The Balaban J connectivity index is 2.51. The van der Waals surface area contributed by atoms with Gasteiger partial charge in [-0.15, -0.1) is 0 Å². The Morgan fingerprint density at radius 1 is 1.40 bits per heavy atom. The molecule has 7 nitrogen and oxygen atoms in total. The van der Waals surface area contributed by atoms with E-state index in [2.05, 4.69) is 10.2 Å². The Hall–Kier alpha value is -2.06. The molecule has 0 unspecified atom stereocenters. The molecule has 0 fully saturated rings. The molecule has 0 atom stereocenters. The number of H-pyrrole nitrogens is 1. The van der Waals surface area contributed by atoms with Gasteiger partial charge in [0.25, 0.3) is 10.0 Å². The molecular formula is C11H10ClN3O4S. The van der Waals surface area contributed by atoms with Crippen LogP contribution in [0.15, 0.2) is 41.6 Å². The van der Waals surface area contributed by atoms with Gasteiger partial charge in [0.15, 0.2) is 5.03 Å². The number of aromatic amines is 1. The van der Waals surface area contributed by atoms with E-state index in [0.717, 1.165) is 4.31 Å². The lowest BCUT2D eigenvalue weighted by Crippen LogP contribution is -2.36. The number of anilines is 1. The van der Waals surface area contributed by atoms with Crippen LogP contribution in [-0.2, 0) is 14.8 Å². The second-order valence-corrected chi connectivity index (χ2v) is 6.07. The number of halogens is 1. The number of aliphatic carboxylic acids is 1. The summed E-state index contributed by atoms with van der Waals surface area (Å²) in [6.07, 6.45) is 1.27. The Kier molecular flexibility index (Phi) is 3.96. The number of benzene rings is 1. The lowest BCUT2D eigenvalue weighted by molar-refractivity contribution is -0.135. The summed E-state index contributed by atoms with van der Waals surface area (Å²) in [4.78, 5) is 10.9. The summed E-state index contributed by atoms with van der Waals surface area (Å²) in [7, 11) is -4.05. The van der Waals surface area contributed by atoms with Gasteiger partial charge in [-0.25, -0.2) is 0 Å². The van der Waals surface area contributed by atoms with Crippen LogP contribution in [-0.4, -0.2) is 36.2 Å². The van der Waals surface area contributed by atoms with E-state index in [9.17, 15) is 13.2 Å². The highest BCUT2D eigenvalue weighted by Gasteiger charge is 2.28. The Morgan fingerprint density at radius 3 is 2.70 bits per heavy atom. The summed E-state index contributed by atoms with van der Waals surface area (Å²) in [6, 6.07) is 7.18. The molecular weight excluding hydrogens is 306 g/mol. The zero-order chi connectivity index (χ0) is 14.8. The van der Waals surface area contributed by atoms with E-state index in [0.29, 0.717) is 5.02 Å². The highest BCUT2D eigenvalue weighted by atomic mass is 35.5. The molecule has 0 spiro atoms. The van der Waals surface area contributed by atoms with Crippen LogP contribution in [0.25, 0.3) is 0 Å². The van der Waals surface area contributed by atoms with Crippen molar-refractivity contribution in [3.05, 3.63) is 41.6 Å². The minimum absolute atomic E-state index is 0.162. The van der Waals surface area contributed by atoms with Gasteiger partial charge >= 0.3 is 5.97 Å². The van der Waals surface area contributed by atoms with Gasteiger partial charge in [-0.05, 0) is 24.3 Å². The first-order chi connectivity index (χ1) is 9.41. The number of carbonyl (C=O) groups is 1. The number of carboxylic acids is 1. The third-order valence-corrected chi connectivity index (χ3v) is 4.36. The number of sulfonamides is 1. The number of aromatic nitrogens is 2. The fourth-order valence-corrected chi connectivity index (χ4v) is 3.07. The first-order valence-electron chi connectivity index (χ1n) is 5.41. The van der Waals surface area contributed by atoms with Gasteiger partial charge < -0.3 is 5.11 Å². The standard InChI is InChI=1S/C11H10ClN3O4S/c12-8-2-1-3-9(6-8)15(7-11(16)17)20(18,19)10-4-5-13-14-10/h1-6H,7H2,(H,13,14)(H,16,17). The molecule has 1 aromatic carbocycles. The number of nitrogens with one attached hydrogen (secondary N) is 1. The van der Waals surface area contributed by atoms with E-state index in [1.807, 2.05) is 0 Å². The van der Waals surface area contributed by atoms with Gasteiger partial charge in [0, 0.05) is 5.02 Å². The first kappa shape index (κ1) is 14.4. The number of carboxylic acid groups (broad SMARTS) is 1. The summed E-state index contributed by atoms with van der Waals surface area (Å²) in [5, 5.41) is 14.9. The van der Waals surface area contributed by atoms with E-state index in [4.69, 9.17) is 16.7 Å². The van der Waals surface area contributed by atoms with Crippen molar-refractivity contribution in [2.45, 2.75) is 5.03 Å². The molecule has 106 valence electrons. The quantitative estimate of drug-likeness (QED) is 0.866. The van der Waals surface area contributed by atoms with Gasteiger partial charge in [0.2, 0.25) is 0 Å². The molecule has 0 saturated carbocycles. The third kappa shape index (κ3) is 2.91. The lowest BCUT2D eigenvalue weighted by Gasteiger charge is -2.21. The molecule has 0 bridgehead atoms. The van der Waals surface area contributed by atoms with Crippen LogP contribution in [0.2, 0.25) is 5.02 Å². The van der Waals surface area contributed by atoms with Crippen LogP contribution in [0.3, 0.4) is 0 Å². The van der Waals surface area contributed by atoms with Crippen molar-refractivity contribution in [2.75, 3.05) is 10.8 Å². The highest BCUT2D eigenvalue weighted by molar-refractivity contribution is 7.92. The SMILES string of the molecule is O=C(O)CN(c1cccc(Cl)c1)S(=O)(=O)c1ccn[nH]1. The number of nitrogens with zero attached hydrogens (tertiary/aromatic N) is 2. The topological polar surface area (TPSA) is 103 Å². The van der Waals surface area contributed by atoms with E-state index in [1.165, 1.54) is 30.5 Å². The molecule has 0 aliphatic rings. The molecule has 1 aromatic heterocycles. The van der Waals surface area contributed by atoms with Gasteiger partial charge in [-0.2, -0.15) is 13.5 Å². The lowest BCUT2D eigenvalue weighted by atomic mass is 10.3. The smallest absolute Gasteiger partial charge is 0.324 e. The van der Waals surface area contributed by atoms with Crippen molar-refractivity contribution >= 4 is 33.3 Å². The predicted octanol–water partition coefficient (Wildman–Crippen LogP) is 1.34. The molecule has 0 saturated heterocycles. The van der Waals surface area contributed by atoms with Crippen molar-refractivity contribution < 1.29 is 18.3 Å².